The Balaban J connectivity index is 5.20. The summed E-state index contributed by atoms with van der Waals surface area (Å²) in [7, 11) is -9.91. The monoisotopic (exact) mass is 1400 g/mol. The van der Waals surface area contributed by atoms with Gasteiger partial charge in [0, 0.05) is 25.7 Å². The van der Waals surface area contributed by atoms with E-state index in [1.165, 1.54) is 205 Å². The molecule has 0 aliphatic heterocycles. The van der Waals surface area contributed by atoms with E-state index in [0.29, 0.717) is 25.7 Å². The summed E-state index contributed by atoms with van der Waals surface area (Å²) in [5, 5.41) is 10.6. The fourth-order valence-corrected chi connectivity index (χ4v) is 13.2. The summed E-state index contributed by atoms with van der Waals surface area (Å²) >= 11 is 0. The number of aliphatic hydroxyl groups is 1. The molecular formula is C76H148O17P2. The molecule has 0 spiro atoms. The van der Waals surface area contributed by atoms with E-state index in [0.717, 1.165) is 108 Å². The Morgan fingerprint density at radius 3 is 0.716 bits per heavy atom. The van der Waals surface area contributed by atoms with Gasteiger partial charge in [-0.1, -0.05) is 343 Å². The second-order valence-corrected chi connectivity index (χ2v) is 31.3. The van der Waals surface area contributed by atoms with Crippen molar-refractivity contribution in [2.45, 2.75) is 413 Å². The van der Waals surface area contributed by atoms with E-state index in [1.807, 2.05) is 0 Å². The Hall–Kier alpha value is -1.94. The summed E-state index contributed by atoms with van der Waals surface area (Å²) in [5.41, 5.74) is 0. The summed E-state index contributed by atoms with van der Waals surface area (Å²) in [6.07, 6.45) is 55.7. The van der Waals surface area contributed by atoms with E-state index < -0.39 is 97.5 Å². The topological polar surface area (TPSA) is 237 Å². The molecule has 0 aliphatic carbocycles. The van der Waals surface area contributed by atoms with E-state index in [4.69, 9.17) is 37.0 Å². The van der Waals surface area contributed by atoms with Gasteiger partial charge in [0.2, 0.25) is 0 Å². The van der Waals surface area contributed by atoms with Crippen LogP contribution >= 0.6 is 15.6 Å². The maximum absolute atomic E-state index is 13.1. The Morgan fingerprint density at radius 1 is 0.284 bits per heavy atom. The highest BCUT2D eigenvalue weighted by atomic mass is 31.2. The first-order chi connectivity index (χ1) is 45.9. The van der Waals surface area contributed by atoms with E-state index >= 15 is 0 Å². The first-order valence-electron chi connectivity index (χ1n) is 39.5. The largest absolute Gasteiger partial charge is 0.472 e. The molecule has 0 aromatic heterocycles. The lowest BCUT2D eigenvalue weighted by molar-refractivity contribution is -0.161. The second-order valence-electron chi connectivity index (χ2n) is 28.3. The van der Waals surface area contributed by atoms with Crippen molar-refractivity contribution in [1.82, 2.24) is 0 Å². The van der Waals surface area contributed by atoms with Crippen molar-refractivity contribution in [3.05, 3.63) is 0 Å². The number of phosphoric ester groups is 2. The van der Waals surface area contributed by atoms with E-state index in [9.17, 15) is 43.2 Å². The maximum atomic E-state index is 13.1. The molecule has 0 radical (unpaired) electrons. The number of esters is 4. The minimum absolute atomic E-state index is 0.104. The zero-order valence-electron chi connectivity index (χ0n) is 62.0. The summed E-state index contributed by atoms with van der Waals surface area (Å²) < 4.78 is 68.4. The fraction of sp³-hybridized carbons (Fsp3) is 0.947. The minimum atomic E-state index is -4.96. The molecule has 0 aromatic rings. The number of carbonyl (C=O) groups is 4. The van der Waals surface area contributed by atoms with Gasteiger partial charge in [-0.15, -0.1) is 0 Å². The molecule has 0 rings (SSSR count). The lowest BCUT2D eigenvalue weighted by atomic mass is 10.0. The molecule has 0 bridgehead atoms. The molecule has 0 amide bonds. The molecule has 2 unspecified atom stereocenters. The zero-order chi connectivity index (χ0) is 70.0. The smallest absolute Gasteiger partial charge is 0.462 e. The van der Waals surface area contributed by atoms with Crippen molar-refractivity contribution < 1.29 is 80.2 Å². The van der Waals surface area contributed by atoms with Crippen molar-refractivity contribution in [1.29, 1.82) is 0 Å². The van der Waals surface area contributed by atoms with Gasteiger partial charge in [0.05, 0.1) is 26.4 Å². The van der Waals surface area contributed by atoms with Crippen LogP contribution in [0.4, 0.5) is 0 Å². The quantitative estimate of drug-likeness (QED) is 0.0222. The van der Waals surface area contributed by atoms with Crippen LogP contribution in [0.5, 0.6) is 0 Å². The Bertz CT molecular complexity index is 1840. The average Bonchev–Trinajstić information content (AvgIpc) is 1.19. The average molecular weight is 1400 g/mol. The summed E-state index contributed by atoms with van der Waals surface area (Å²) in [6, 6.07) is 0. The number of hydrogen-bond donors (Lipinski definition) is 3. The van der Waals surface area contributed by atoms with Gasteiger partial charge in [-0.3, -0.25) is 37.3 Å². The molecule has 0 fully saturated rings. The third kappa shape index (κ3) is 70.3. The third-order valence-corrected chi connectivity index (χ3v) is 19.6. The molecule has 564 valence electrons. The standard InChI is InChI=1S/C76H148O17P2/c1-7-9-11-13-15-17-18-19-20-21-22-23-24-29-32-35-42-48-54-60-75(80)92-72(65-87-74(79)59-53-47-41-34-31-28-26-25-27-30-33-38-44-50-56-68(3)4)67-91-95(84,85)89-63-70(77)62-88-94(82,83)90-66-71(64-86-73(78)58-52-46-40-16-14-12-10-8-2)93-76(81)61-55-49-43-37-36-39-45-51-57-69(5)6/h68-72,77H,7-67H2,1-6H3,(H,82,83)(H,84,85)/t70-,71+,72+/m0/s1. The molecule has 0 saturated carbocycles. The molecule has 95 heavy (non-hydrogen) atoms. The van der Waals surface area contributed by atoms with Crippen LogP contribution in [0.1, 0.15) is 395 Å². The third-order valence-electron chi connectivity index (χ3n) is 17.7. The highest BCUT2D eigenvalue weighted by molar-refractivity contribution is 7.47. The van der Waals surface area contributed by atoms with Crippen LogP contribution in [0.15, 0.2) is 0 Å². The molecule has 0 aromatic carbocycles. The van der Waals surface area contributed by atoms with Crippen molar-refractivity contribution >= 4 is 39.5 Å². The van der Waals surface area contributed by atoms with Crippen molar-refractivity contribution in [3.63, 3.8) is 0 Å². The lowest BCUT2D eigenvalue weighted by Gasteiger charge is -2.21. The van der Waals surface area contributed by atoms with Crippen LogP contribution in [0.3, 0.4) is 0 Å². The number of ether oxygens (including phenoxy) is 4. The highest BCUT2D eigenvalue weighted by Crippen LogP contribution is 2.45. The SMILES string of the molecule is CCCCCCCCCCCCCCCCCCCCCC(=O)O[C@H](COC(=O)CCCCCCCCCCCCCCCCC(C)C)COP(=O)(O)OC[C@@H](O)COP(=O)(O)OC[C@@H](COC(=O)CCCCCCCCCC)OC(=O)CCCCCCCCCCC(C)C. The Kier molecular flexibility index (Phi) is 66.5. The highest BCUT2D eigenvalue weighted by Gasteiger charge is 2.30. The van der Waals surface area contributed by atoms with Crippen LogP contribution in [0.2, 0.25) is 0 Å². The number of carbonyl (C=O) groups excluding carboxylic acids is 4. The maximum Gasteiger partial charge on any atom is 0.472 e. The van der Waals surface area contributed by atoms with Crippen LogP contribution < -0.4 is 0 Å². The number of phosphoric acid groups is 2. The van der Waals surface area contributed by atoms with E-state index in [1.54, 1.807) is 0 Å². The lowest BCUT2D eigenvalue weighted by Crippen LogP contribution is -2.30. The van der Waals surface area contributed by atoms with Gasteiger partial charge in [-0.25, -0.2) is 9.13 Å². The number of rotatable bonds is 75. The number of unbranched alkanes of at least 4 members (excludes halogenated alkanes) is 45. The van der Waals surface area contributed by atoms with Crippen LogP contribution in [0, 0.1) is 11.8 Å². The second kappa shape index (κ2) is 67.9. The van der Waals surface area contributed by atoms with Gasteiger partial charge < -0.3 is 33.8 Å². The first-order valence-corrected chi connectivity index (χ1v) is 42.5. The van der Waals surface area contributed by atoms with Crippen molar-refractivity contribution in [2.24, 2.45) is 11.8 Å². The molecule has 17 nitrogen and oxygen atoms in total. The zero-order valence-corrected chi connectivity index (χ0v) is 63.8. The summed E-state index contributed by atoms with van der Waals surface area (Å²) in [6.45, 7) is 9.55. The van der Waals surface area contributed by atoms with Gasteiger partial charge in [-0.05, 0) is 37.5 Å². The molecule has 0 aliphatic rings. The predicted octanol–water partition coefficient (Wildman–Crippen LogP) is 22.3. The van der Waals surface area contributed by atoms with Crippen molar-refractivity contribution in [2.75, 3.05) is 39.6 Å². The fourth-order valence-electron chi connectivity index (χ4n) is 11.7. The van der Waals surface area contributed by atoms with Gasteiger partial charge >= 0.3 is 39.5 Å². The van der Waals surface area contributed by atoms with Crippen LogP contribution in [-0.2, 0) is 65.4 Å². The van der Waals surface area contributed by atoms with Crippen LogP contribution in [-0.4, -0.2) is 96.7 Å². The molecular weight excluding hydrogens is 1250 g/mol. The van der Waals surface area contributed by atoms with Gasteiger partial charge in [-0.2, -0.15) is 0 Å². The first kappa shape index (κ1) is 93.1. The Labute approximate surface area is 581 Å². The molecule has 0 saturated heterocycles. The van der Waals surface area contributed by atoms with Gasteiger partial charge in [0.25, 0.3) is 0 Å². The number of hydrogen-bond acceptors (Lipinski definition) is 15. The minimum Gasteiger partial charge on any atom is -0.462 e. The number of aliphatic hydroxyl groups excluding tert-OH is 1. The van der Waals surface area contributed by atoms with Crippen LogP contribution in [0.25, 0.3) is 0 Å². The van der Waals surface area contributed by atoms with E-state index in [2.05, 4.69) is 41.5 Å². The molecule has 3 N–H and O–H groups in total. The van der Waals surface area contributed by atoms with Gasteiger partial charge in [0.15, 0.2) is 12.2 Å². The predicted molar refractivity (Wildman–Crippen MR) is 386 cm³/mol. The summed E-state index contributed by atoms with van der Waals surface area (Å²) in [4.78, 5) is 72.7. The molecule has 0 heterocycles. The Morgan fingerprint density at radius 2 is 0.484 bits per heavy atom. The van der Waals surface area contributed by atoms with Crippen molar-refractivity contribution in [3.8, 4) is 0 Å². The van der Waals surface area contributed by atoms with Gasteiger partial charge in [0.1, 0.15) is 19.3 Å². The normalized spacial score (nSPS) is 14.0. The van der Waals surface area contributed by atoms with E-state index in [-0.39, 0.29) is 25.7 Å². The summed E-state index contributed by atoms with van der Waals surface area (Å²) in [5.74, 6) is -0.602. The molecule has 5 atom stereocenters. The molecule has 19 heteroatoms.